The number of ether oxygens (including phenoxy) is 4. The van der Waals surface area contributed by atoms with Crippen LogP contribution in [0.25, 0.3) is 0 Å². The maximum atomic E-state index is 12.2. The van der Waals surface area contributed by atoms with E-state index < -0.39 is 18.0 Å². The molecule has 0 fully saturated rings. The van der Waals surface area contributed by atoms with Gasteiger partial charge in [0.1, 0.15) is 12.0 Å². The molecule has 8 nitrogen and oxygen atoms in total. The Balaban J connectivity index is 1.78. The Morgan fingerprint density at radius 2 is 1.72 bits per heavy atom. The summed E-state index contributed by atoms with van der Waals surface area (Å²) in [6, 6.07) is 11.5. The van der Waals surface area contributed by atoms with Crippen LogP contribution in [-0.2, 0) is 20.9 Å². The number of benzene rings is 2. The van der Waals surface area contributed by atoms with E-state index in [-0.39, 0.29) is 13.2 Å². The van der Waals surface area contributed by atoms with Crippen LogP contribution in [0.15, 0.2) is 42.5 Å². The molecule has 29 heavy (non-hydrogen) atoms. The van der Waals surface area contributed by atoms with Gasteiger partial charge in [0, 0.05) is 12.1 Å². The number of carbonyl (C=O) groups is 3. The summed E-state index contributed by atoms with van der Waals surface area (Å²) in [5.74, 6) is 0.433. The topological polar surface area (TPSA) is 100 Å². The van der Waals surface area contributed by atoms with Crippen molar-refractivity contribution in [1.29, 1.82) is 0 Å². The van der Waals surface area contributed by atoms with Crippen LogP contribution in [0.4, 0.5) is 0 Å². The summed E-state index contributed by atoms with van der Waals surface area (Å²) >= 11 is 0. The smallest absolute Gasteiger partial charge is 0.344 e. The third kappa shape index (κ3) is 6.53. The van der Waals surface area contributed by atoms with Gasteiger partial charge in [-0.15, -0.1) is 0 Å². The van der Waals surface area contributed by atoms with Crippen LogP contribution in [0, 0.1) is 0 Å². The first-order chi connectivity index (χ1) is 14.0. The number of hydrogen-bond donors (Lipinski definition) is 1. The minimum Gasteiger partial charge on any atom is -0.493 e. The van der Waals surface area contributed by atoms with Gasteiger partial charge in [0.2, 0.25) is 0 Å². The first-order valence-corrected chi connectivity index (χ1v) is 8.83. The van der Waals surface area contributed by atoms with E-state index in [1.54, 1.807) is 49.6 Å². The summed E-state index contributed by atoms with van der Waals surface area (Å²) in [5, 5.41) is 2.69. The Labute approximate surface area is 168 Å². The van der Waals surface area contributed by atoms with Crippen molar-refractivity contribution in [3.05, 3.63) is 53.6 Å². The van der Waals surface area contributed by atoms with E-state index >= 15 is 0 Å². The van der Waals surface area contributed by atoms with Crippen LogP contribution in [-0.4, -0.2) is 45.1 Å². The van der Waals surface area contributed by atoms with Gasteiger partial charge in [0.05, 0.1) is 14.2 Å². The molecule has 8 heteroatoms. The van der Waals surface area contributed by atoms with Crippen molar-refractivity contribution in [2.45, 2.75) is 19.6 Å². The molecule has 0 aliphatic heterocycles. The van der Waals surface area contributed by atoms with Gasteiger partial charge in [-0.3, -0.25) is 9.59 Å². The standard InChI is InChI=1S/C21H23NO7/c1-14(29-20(24)13-28-17-7-4-15(12-23)5-8-17)21(25)22-11-16-6-9-18(26-2)19(10-16)27-3/h4-10,12,14H,11,13H2,1-3H3,(H,22,25)/t14-/m0/s1. The van der Waals surface area contributed by atoms with Gasteiger partial charge in [0.15, 0.2) is 24.2 Å². The fourth-order valence-corrected chi connectivity index (χ4v) is 2.39. The number of aldehydes is 1. The predicted molar refractivity (Wildman–Crippen MR) is 104 cm³/mol. The third-order valence-corrected chi connectivity index (χ3v) is 3.97. The zero-order chi connectivity index (χ0) is 21.2. The highest BCUT2D eigenvalue weighted by molar-refractivity contribution is 5.83. The second-order valence-electron chi connectivity index (χ2n) is 6.01. The monoisotopic (exact) mass is 401 g/mol. The normalized spacial score (nSPS) is 11.1. The Bertz CT molecular complexity index is 849. The average molecular weight is 401 g/mol. The third-order valence-electron chi connectivity index (χ3n) is 3.97. The molecule has 0 saturated heterocycles. The molecule has 1 atom stereocenters. The first-order valence-electron chi connectivity index (χ1n) is 8.83. The van der Waals surface area contributed by atoms with Gasteiger partial charge in [-0.05, 0) is 48.9 Å². The molecular formula is C21H23NO7. The number of esters is 1. The van der Waals surface area contributed by atoms with Crippen molar-refractivity contribution in [3.8, 4) is 17.2 Å². The summed E-state index contributed by atoms with van der Waals surface area (Å²) in [6.45, 7) is 1.36. The van der Waals surface area contributed by atoms with Crippen LogP contribution in [0.3, 0.4) is 0 Å². The van der Waals surface area contributed by atoms with Crippen molar-refractivity contribution < 1.29 is 33.3 Å². The van der Waals surface area contributed by atoms with Gasteiger partial charge in [-0.2, -0.15) is 0 Å². The SMILES string of the molecule is COc1ccc(CNC(=O)[C@H](C)OC(=O)COc2ccc(C=O)cc2)cc1OC. The molecule has 0 radical (unpaired) electrons. The molecule has 0 spiro atoms. The average Bonchev–Trinajstić information content (AvgIpc) is 2.75. The second-order valence-corrected chi connectivity index (χ2v) is 6.01. The molecule has 154 valence electrons. The molecule has 0 unspecified atom stereocenters. The van der Waals surface area contributed by atoms with E-state index in [9.17, 15) is 14.4 Å². The predicted octanol–water partition coefficient (Wildman–Crippen LogP) is 2.14. The molecule has 0 aliphatic rings. The number of carbonyl (C=O) groups excluding carboxylic acids is 3. The quantitative estimate of drug-likeness (QED) is 0.481. The van der Waals surface area contributed by atoms with Gasteiger partial charge in [-0.1, -0.05) is 6.07 Å². The Morgan fingerprint density at radius 1 is 1.03 bits per heavy atom. The highest BCUT2D eigenvalue weighted by atomic mass is 16.6. The molecule has 2 aromatic carbocycles. The van der Waals surface area contributed by atoms with Crippen LogP contribution in [0.2, 0.25) is 0 Å². The lowest BCUT2D eigenvalue weighted by molar-refractivity contribution is -0.156. The highest BCUT2D eigenvalue weighted by Gasteiger charge is 2.18. The number of rotatable bonds is 10. The molecule has 0 heterocycles. The minimum absolute atomic E-state index is 0.237. The zero-order valence-corrected chi connectivity index (χ0v) is 16.5. The van der Waals surface area contributed by atoms with Crippen LogP contribution in [0.1, 0.15) is 22.8 Å². The minimum atomic E-state index is -0.983. The number of methoxy groups -OCH3 is 2. The molecule has 1 N–H and O–H groups in total. The lowest BCUT2D eigenvalue weighted by atomic mass is 10.2. The largest absolute Gasteiger partial charge is 0.493 e. The van der Waals surface area contributed by atoms with E-state index in [1.165, 1.54) is 14.0 Å². The summed E-state index contributed by atoms with van der Waals surface area (Å²) in [7, 11) is 3.07. The van der Waals surface area contributed by atoms with E-state index in [4.69, 9.17) is 18.9 Å². The lowest BCUT2D eigenvalue weighted by Gasteiger charge is -2.14. The van der Waals surface area contributed by atoms with Crippen molar-refractivity contribution >= 4 is 18.2 Å². The number of hydrogen-bond acceptors (Lipinski definition) is 7. The molecule has 1 amide bonds. The van der Waals surface area contributed by atoms with Crippen LogP contribution in [0.5, 0.6) is 17.2 Å². The lowest BCUT2D eigenvalue weighted by Crippen LogP contribution is -2.36. The van der Waals surface area contributed by atoms with Gasteiger partial charge < -0.3 is 24.3 Å². The van der Waals surface area contributed by atoms with Crippen molar-refractivity contribution in [2.24, 2.45) is 0 Å². The van der Waals surface area contributed by atoms with E-state index in [2.05, 4.69) is 5.32 Å². The molecule has 0 saturated carbocycles. The molecule has 2 aromatic rings. The Kier molecular flexibility index (Phi) is 8.02. The van der Waals surface area contributed by atoms with Gasteiger partial charge >= 0.3 is 5.97 Å². The summed E-state index contributed by atoms with van der Waals surface area (Å²) in [5.41, 5.74) is 1.30. The number of nitrogens with one attached hydrogen (secondary N) is 1. The molecular weight excluding hydrogens is 378 g/mol. The van der Waals surface area contributed by atoms with Gasteiger partial charge in [0.25, 0.3) is 5.91 Å². The van der Waals surface area contributed by atoms with Crippen molar-refractivity contribution in [1.82, 2.24) is 5.32 Å². The van der Waals surface area contributed by atoms with E-state index in [1.807, 2.05) is 0 Å². The zero-order valence-electron chi connectivity index (χ0n) is 16.5. The van der Waals surface area contributed by atoms with Crippen molar-refractivity contribution in [3.63, 3.8) is 0 Å². The van der Waals surface area contributed by atoms with Crippen LogP contribution < -0.4 is 19.5 Å². The maximum Gasteiger partial charge on any atom is 0.344 e. The molecule has 0 bridgehead atoms. The maximum absolute atomic E-state index is 12.2. The fraction of sp³-hybridized carbons (Fsp3) is 0.286. The first kappa shape index (κ1) is 21.7. The van der Waals surface area contributed by atoms with Crippen LogP contribution >= 0.6 is 0 Å². The van der Waals surface area contributed by atoms with Gasteiger partial charge in [-0.25, -0.2) is 4.79 Å². The summed E-state index contributed by atoms with van der Waals surface area (Å²) in [6.07, 6.45) is -0.274. The molecule has 2 rings (SSSR count). The second kappa shape index (κ2) is 10.7. The Morgan fingerprint density at radius 3 is 2.34 bits per heavy atom. The highest BCUT2D eigenvalue weighted by Crippen LogP contribution is 2.27. The Hall–Kier alpha value is -3.55. The fourth-order valence-electron chi connectivity index (χ4n) is 2.39. The summed E-state index contributed by atoms with van der Waals surface area (Å²) < 4.78 is 20.7. The molecule has 0 aromatic heterocycles. The van der Waals surface area contributed by atoms with E-state index in [0.717, 1.165) is 5.56 Å². The summed E-state index contributed by atoms with van der Waals surface area (Å²) in [4.78, 5) is 34.6. The van der Waals surface area contributed by atoms with Crippen molar-refractivity contribution in [2.75, 3.05) is 20.8 Å². The number of amides is 1. The van der Waals surface area contributed by atoms with E-state index in [0.29, 0.717) is 29.1 Å². The molecule has 0 aliphatic carbocycles.